The molecule has 0 N–H and O–H groups in total. The Kier molecular flexibility index (Phi) is 38.4. The molecule has 3 aromatic rings. The minimum Gasteiger partial charge on any atom is -0.318 e. The van der Waals surface area contributed by atoms with Crippen LogP contribution >= 0.6 is 0 Å². The first kappa shape index (κ1) is 55.7. The molecule has 0 unspecified atom stereocenters. The normalized spacial score (nSPS) is 8.98. The van der Waals surface area contributed by atoms with Gasteiger partial charge >= 0.3 is 0 Å². The van der Waals surface area contributed by atoms with Gasteiger partial charge in [0, 0.05) is 38.2 Å². The molecule has 3 rings (SSSR count). The maximum atomic E-state index is 2.37. The molecule has 3 heteroatoms. The van der Waals surface area contributed by atoms with Crippen molar-refractivity contribution in [1.29, 1.82) is 0 Å². The first-order valence-electron chi connectivity index (χ1n) is 15.7. The van der Waals surface area contributed by atoms with Crippen LogP contribution in [0.1, 0.15) is 162 Å². The number of aromatic nitrogens is 2. The molecule has 0 saturated carbocycles. The lowest BCUT2D eigenvalue weighted by Crippen LogP contribution is -2.20. The molecule has 0 aliphatic rings. The van der Waals surface area contributed by atoms with Crippen molar-refractivity contribution in [2.75, 3.05) is 0 Å². The van der Waals surface area contributed by atoms with Crippen LogP contribution in [0.3, 0.4) is 0 Å². The Balaban J connectivity index is -0.0000000931. The Labute approximate surface area is 271 Å². The molecule has 0 amide bonds. The summed E-state index contributed by atoms with van der Waals surface area (Å²) in [5, 5.41) is 0. The van der Waals surface area contributed by atoms with Gasteiger partial charge in [0.05, 0.1) is 11.4 Å². The van der Waals surface area contributed by atoms with Gasteiger partial charge in [0.15, 0.2) is 0 Å². The molecule has 2 nitrogen and oxygen atoms in total. The predicted molar refractivity (Wildman–Crippen MR) is 206 cm³/mol. The van der Waals surface area contributed by atoms with Crippen molar-refractivity contribution in [1.82, 2.24) is 9.13 Å². The average molecular weight is 589 g/mol. The number of benzene rings is 1. The summed E-state index contributed by atoms with van der Waals surface area (Å²) in [4.78, 5) is 0. The fourth-order valence-electron chi connectivity index (χ4n) is 3.77. The Morgan fingerprint density at radius 2 is 0.643 bits per heavy atom. The highest BCUT2D eigenvalue weighted by molar-refractivity contribution is 5.75. The van der Waals surface area contributed by atoms with Crippen molar-refractivity contribution in [3.63, 3.8) is 0 Å². The summed E-state index contributed by atoms with van der Waals surface area (Å²) in [6.07, 6.45) is 0. The third kappa shape index (κ3) is 19.1. The Hall–Kier alpha value is -2.16. The molecule has 42 heavy (non-hydrogen) atoms. The van der Waals surface area contributed by atoms with Gasteiger partial charge in [-0.3, -0.25) is 0 Å². The van der Waals surface area contributed by atoms with E-state index in [2.05, 4.69) is 128 Å². The zero-order valence-electron chi connectivity index (χ0n) is 31.0. The van der Waals surface area contributed by atoms with E-state index in [0.29, 0.717) is 5.41 Å². The quantitative estimate of drug-likeness (QED) is 0.264. The third-order valence-electron chi connectivity index (χ3n) is 4.79. The molecule has 0 atom stereocenters. The van der Waals surface area contributed by atoms with Gasteiger partial charge in [-0.05, 0) is 74.9 Å². The van der Waals surface area contributed by atoms with Crippen LogP contribution in [0.5, 0.6) is 0 Å². The summed E-state index contributed by atoms with van der Waals surface area (Å²) >= 11 is 0. The van der Waals surface area contributed by atoms with Gasteiger partial charge in [0.25, 0.3) is 0 Å². The lowest BCUT2D eigenvalue weighted by molar-refractivity contribution is 0.469. The lowest BCUT2D eigenvalue weighted by atomic mass is 9.84. The minimum atomic E-state index is 0. The van der Waals surface area contributed by atoms with Crippen molar-refractivity contribution >= 4 is 8.41 Å². The highest BCUT2D eigenvalue weighted by Crippen LogP contribution is 2.36. The van der Waals surface area contributed by atoms with Crippen LogP contribution in [0, 0.1) is 33.1 Å². The average Bonchev–Trinajstić information content (AvgIpc) is 3.42. The summed E-state index contributed by atoms with van der Waals surface area (Å²) in [7, 11) is 0. The van der Waals surface area contributed by atoms with E-state index in [9.17, 15) is 0 Å². The molecule has 249 valence electrons. The molecule has 1 aromatic carbocycles. The molecule has 0 aliphatic heterocycles. The zero-order valence-corrected chi connectivity index (χ0v) is 31.0. The summed E-state index contributed by atoms with van der Waals surface area (Å²) in [5.41, 5.74) is 9.59. The predicted octanol–water partition coefficient (Wildman–Crippen LogP) is 14.1. The lowest BCUT2D eigenvalue weighted by Gasteiger charge is -2.29. The molecule has 0 spiro atoms. The second kappa shape index (κ2) is 28.9. The highest BCUT2D eigenvalue weighted by atomic mass is 15.0. The van der Waals surface area contributed by atoms with E-state index < -0.39 is 0 Å². The molecule has 0 bridgehead atoms. The van der Waals surface area contributed by atoms with E-state index in [1.807, 2.05) is 69.2 Å². The second-order valence-corrected chi connectivity index (χ2v) is 10.8. The van der Waals surface area contributed by atoms with E-state index in [4.69, 9.17) is 0 Å². The van der Waals surface area contributed by atoms with Crippen molar-refractivity contribution in [2.24, 2.45) is 5.41 Å². The first-order valence-corrected chi connectivity index (χ1v) is 15.7. The van der Waals surface area contributed by atoms with E-state index in [-0.39, 0.29) is 30.1 Å². The standard InChI is InChI=1S/C22H28N2.C5H12.5C2H6.2CH4.B.H2/c1-15-11-12-16(2)23(15)19-9-8-10-20(21(19)22(5,6)7)24-17(3)13-14-18(24)4;1-5(2,3)4;5*1-2;;;;/h8-14H,1-7H3;1-4H3;5*1-2H3;2*1H4;;1H/i;;;;;;;;;;1+1. The van der Waals surface area contributed by atoms with Gasteiger partial charge in [0.2, 0.25) is 0 Å². The number of hydrogen-bond donors (Lipinski definition) is 0. The molecular formula is C39H80BN2. The Bertz CT molecular complexity index is 874. The van der Waals surface area contributed by atoms with Crippen LogP contribution in [-0.2, 0) is 5.41 Å². The Morgan fingerprint density at radius 3 is 0.810 bits per heavy atom. The minimum absolute atomic E-state index is 0. The second-order valence-electron chi connectivity index (χ2n) is 10.8. The topological polar surface area (TPSA) is 9.86 Å². The number of nitrogens with zero attached hydrogens (tertiary/aromatic N) is 2. The van der Waals surface area contributed by atoms with Crippen molar-refractivity contribution < 1.29 is 1.43 Å². The fraction of sp³-hybridized carbons (Fsp3) is 0.641. The maximum Gasteiger partial charge on any atom is 0.0513 e. The fourth-order valence-corrected chi connectivity index (χ4v) is 3.77. The molecule has 0 aliphatic carbocycles. The van der Waals surface area contributed by atoms with Crippen LogP contribution in [0.4, 0.5) is 0 Å². The van der Waals surface area contributed by atoms with Gasteiger partial charge < -0.3 is 9.13 Å². The van der Waals surface area contributed by atoms with Crippen LogP contribution < -0.4 is 0 Å². The maximum absolute atomic E-state index is 2.37. The number of aryl methyl sites for hydroxylation is 4. The summed E-state index contributed by atoms with van der Waals surface area (Å²) in [6, 6.07) is 15.5. The van der Waals surface area contributed by atoms with Crippen LogP contribution in [0.25, 0.3) is 11.4 Å². The van der Waals surface area contributed by atoms with E-state index in [0.717, 1.165) is 0 Å². The van der Waals surface area contributed by atoms with Crippen LogP contribution in [0.15, 0.2) is 42.5 Å². The van der Waals surface area contributed by atoms with Crippen LogP contribution in [-0.4, -0.2) is 17.5 Å². The number of rotatable bonds is 2. The third-order valence-corrected chi connectivity index (χ3v) is 4.79. The largest absolute Gasteiger partial charge is 0.318 e. The molecule has 3 radical (unpaired) electrons. The van der Waals surface area contributed by atoms with Gasteiger partial charge in [-0.2, -0.15) is 0 Å². The van der Waals surface area contributed by atoms with E-state index in [1.54, 1.807) is 0 Å². The van der Waals surface area contributed by atoms with E-state index >= 15 is 0 Å². The molecular weight excluding hydrogens is 507 g/mol. The van der Waals surface area contributed by atoms with Gasteiger partial charge in [0.1, 0.15) is 0 Å². The first-order chi connectivity index (χ1) is 18.2. The molecule has 0 saturated heterocycles. The van der Waals surface area contributed by atoms with Crippen molar-refractivity contribution in [2.45, 2.75) is 166 Å². The Morgan fingerprint density at radius 1 is 0.452 bits per heavy atom. The summed E-state index contributed by atoms with van der Waals surface area (Å²) in [5.74, 6) is 0. The van der Waals surface area contributed by atoms with Crippen LogP contribution in [0.2, 0.25) is 0 Å². The van der Waals surface area contributed by atoms with Crippen molar-refractivity contribution in [3.05, 3.63) is 70.8 Å². The van der Waals surface area contributed by atoms with Gasteiger partial charge in [-0.25, -0.2) is 0 Å². The summed E-state index contributed by atoms with van der Waals surface area (Å²) in [6.45, 7) is 44.4. The van der Waals surface area contributed by atoms with Crippen molar-refractivity contribution in [3.8, 4) is 11.4 Å². The molecule has 2 aromatic heterocycles. The van der Waals surface area contributed by atoms with Gasteiger partial charge in [-0.15, -0.1) is 0 Å². The molecule has 0 fully saturated rings. The smallest absolute Gasteiger partial charge is 0.0513 e. The van der Waals surface area contributed by atoms with Gasteiger partial charge in [-0.1, -0.05) is 139 Å². The summed E-state index contributed by atoms with van der Waals surface area (Å²) < 4.78 is 4.75. The highest BCUT2D eigenvalue weighted by Gasteiger charge is 2.25. The number of hydrogen-bond acceptors (Lipinski definition) is 0. The zero-order chi connectivity index (χ0) is 32.1. The molecule has 2 heterocycles. The SMILES string of the molecule is C.C.CC.CC.CC.CC.CC.CC(C)(C)C.Cc1ccc(C)n1-c1cccc(-n2c(C)ccc2C)c1C(C)(C)C.[2HH].[B]. The monoisotopic (exact) mass is 589 g/mol. The van der Waals surface area contributed by atoms with E-state index in [1.165, 1.54) is 39.7 Å².